The van der Waals surface area contributed by atoms with E-state index < -0.39 is 0 Å². The van der Waals surface area contributed by atoms with Gasteiger partial charge < -0.3 is 9.64 Å². The standard InChI is InChI=1S/C19H26N2O2/c1-3-12-23-19(22)20(2)17-8-10-21(11-9-17)14-16-13-15-6-4-5-7-18(15)16/h4-7,13,17H,3,8-12,14H2,1-2H3. The van der Waals surface area contributed by atoms with E-state index in [4.69, 9.17) is 4.74 Å². The second-order valence-corrected chi connectivity index (χ2v) is 6.49. The summed E-state index contributed by atoms with van der Waals surface area (Å²) in [7, 11) is 1.86. The number of carbonyl (C=O) groups is 1. The molecule has 4 heteroatoms. The number of nitrogens with zero attached hydrogens (tertiary/aromatic N) is 2. The quantitative estimate of drug-likeness (QED) is 0.834. The van der Waals surface area contributed by atoms with Crippen LogP contribution in [0.1, 0.15) is 37.3 Å². The molecule has 1 aromatic rings. The van der Waals surface area contributed by atoms with Crippen molar-refractivity contribution in [3.05, 3.63) is 35.4 Å². The number of likely N-dealkylation sites (tertiary alicyclic amines) is 1. The molecule has 124 valence electrons. The van der Waals surface area contributed by atoms with Crippen LogP contribution in [0.5, 0.6) is 0 Å². The van der Waals surface area contributed by atoms with Crippen LogP contribution in [0.25, 0.3) is 11.6 Å². The molecule has 1 aliphatic heterocycles. The zero-order chi connectivity index (χ0) is 16.2. The average molecular weight is 314 g/mol. The van der Waals surface area contributed by atoms with E-state index in [0.29, 0.717) is 12.6 Å². The van der Waals surface area contributed by atoms with Crippen LogP contribution in [0.4, 0.5) is 4.79 Å². The fourth-order valence-electron chi connectivity index (χ4n) is 3.38. The lowest BCUT2D eigenvalue weighted by molar-refractivity contribution is 0.0791. The number of hydrogen-bond donors (Lipinski definition) is 0. The summed E-state index contributed by atoms with van der Waals surface area (Å²) in [6.07, 6.45) is 5.02. The van der Waals surface area contributed by atoms with Gasteiger partial charge in [-0.25, -0.2) is 4.79 Å². The lowest BCUT2D eigenvalue weighted by atomic mass is 9.88. The molecule has 0 bridgehead atoms. The molecule has 0 spiro atoms. The van der Waals surface area contributed by atoms with Gasteiger partial charge in [0.05, 0.1) is 6.61 Å². The van der Waals surface area contributed by atoms with Gasteiger partial charge in [0, 0.05) is 32.7 Å². The predicted octanol–water partition coefficient (Wildman–Crippen LogP) is 3.48. The second kappa shape index (κ2) is 7.18. The summed E-state index contributed by atoms with van der Waals surface area (Å²) in [6, 6.07) is 8.87. The van der Waals surface area contributed by atoms with Crippen LogP contribution in [0.2, 0.25) is 0 Å². The molecule has 1 saturated heterocycles. The molecular weight excluding hydrogens is 288 g/mol. The minimum absolute atomic E-state index is 0.180. The minimum Gasteiger partial charge on any atom is -0.449 e. The molecule has 1 amide bonds. The van der Waals surface area contributed by atoms with Crippen LogP contribution in [-0.4, -0.2) is 55.2 Å². The molecule has 1 fully saturated rings. The predicted molar refractivity (Wildman–Crippen MR) is 93.2 cm³/mol. The van der Waals surface area contributed by atoms with Crippen LogP contribution in [-0.2, 0) is 4.74 Å². The van der Waals surface area contributed by atoms with Crippen LogP contribution in [0.3, 0.4) is 0 Å². The van der Waals surface area contributed by atoms with E-state index in [1.165, 1.54) is 16.7 Å². The number of hydrogen-bond acceptors (Lipinski definition) is 3. The monoisotopic (exact) mass is 314 g/mol. The Labute approximate surface area is 138 Å². The van der Waals surface area contributed by atoms with Crippen LogP contribution in [0.15, 0.2) is 24.3 Å². The number of fused-ring (bicyclic) bond motifs is 1. The van der Waals surface area contributed by atoms with Crippen molar-refractivity contribution in [2.75, 3.05) is 33.3 Å². The Morgan fingerprint density at radius 2 is 2.04 bits per heavy atom. The van der Waals surface area contributed by atoms with E-state index in [-0.39, 0.29) is 6.09 Å². The second-order valence-electron chi connectivity index (χ2n) is 6.49. The fourth-order valence-corrected chi connectivity index (χ4v) is 3.38. The van der Waals surface area contributed by atoms with Crippen molar-refractivity contribution in [1.29, 1.82) is 0 Å². The molecule has 1 aromatic carbocycles. The van der Waals surface area contributed by atoms with E-state index >= 15 is 0 Å². The Balaban J connectivity index is 1.45. The largest absolute Gasteiger partial charge is 0.449 e. The Bertz CT molecular complexity index is 589. The highest BCUT2D eigenvalue weighted by Gasteiger charge is 2.27. The van der Waals surface area contributed by atoms with Crippen molar-refractivity contribution in [2.24, 2.45) is 0 Å². The zero-order valence-corrected chi connectivity index (χ0v) is 14.1. The summed E-state index contributed by atoms with van der Waals surface area (Å²) in [5, 5.41) is 0. The SMILES string of the molecule is CCCOC(=O)N(C)C1CCN(CC2=Cc3ccccc32)CC1. The van der Waals surface area contributed by atoms with Gasteiger partial charge in [0.2, 0.25) is 0 Å². The summed E-state index contributed by atoms with van der Waals surface area (Å²) in [4.78, 5) is 16.2. The first-order valence-corrected chi connectivity index (χ1v) is 8.61. The fraction of sp³-hybridized carbons (Fsp3) is 0.526. The van der Waals surface area contributed by atoms with Gasteiger partial charge in [-0.05, 0) is 42.0 Å². The number of amides is 1. The summed E-state index contributed by atoms with van der Waals surface area (Å²) >= 11 is 0. The van der Waals surface area contributed by atoms with Crippen molar-refractivity contribution in [3.8, 4) is 0 Å². The maximum Gasteiger partial charge on any atom is 0.409 e. The number of rotatable bonds is 5. The van der Waals surface area contributed by atoms with Crippen molar-refractivity contribution < 1.29 is 9.53 Å². The molecule has 0 radical (unpaired) electrons. The molecule has 23 heavy (non-hydrogen) atoms. The van der Waals surface area contributed by atoms with E-state index in [0.717, 1.165) is 38.9 Å². The number of piperidine rings is 1. The lowest BCUT2D eigenvalue weighted by Crippen LogP contribution is -2.46. The molecule has 1 heterocycles. The van der Waals surface area contributed by atoms with Gasteiger partial charge in [0.15, 0.2) is 0 Å². The van der Waals surface area contributed by atoms with Gasteiger partial charge in [-0.15, -0.1) is 0 Å². The van der Waals surface area contributed by atoms with Gasteiger partial charge in [-0.1, -0.05) is 31.2 Å². The molecule has 0 atom stereocenters. The van der Waals surface area contributed by atoms with E-state index in [1.54, 1.807) is 4.90 Å². The number of carbonyl (C=O) groups excluding carboxylic acids is 1. The Kier molecular flexibility index (Phi) is 5.01. The maximum absolute atomic E-state index is 11.9. The molecular formula is C19H26N2O2. The Morgan fingerprint density at radius 1 is 1.30 bits per heavy atom. The highest BCUT2D eigenvalue weighted by molar-refractivity contribution is 5.96. The molecule has 0 aromatic heterocycles. The third-order valence-corrected chi connectivity index (χ3v) is 4.85. The van der Waals surface area contributed by atoms with Crippen molar-refractivity contribution >= 4 is 17.7 Å². The Morgan fingerprint density at radius 3 is 2.74 bits per heavy atom. The summed E-state index contributed by atoms with van der Waals surface area (Å²) in [5.41, 5.74) is 4.19. The average Bonchev–Trinajstić information content (AvgIpc) is 2.57. The zero-order valence-electron chi connectivity index (χ0n) is 14.1. The van der Waals surface area contributed by atoms with Crippen molar-refractivity contribution in [2.45, 2.75) is 32.2 Å². The van der Waals surface area contributed by atoms with Gasteiger partial charge in [-0.2, -0.15) is 0 Å². The molecule has 0 unspecified atom stereocenters. The normalized spacial score (nSPS) is 17.9. The van der Waals surface area contributed by atoms with E-state index in [1.807, 2.05) is 14.0 Å². The highest BCUT2D eigenvalue weighted by atomic mass is 16.6. The first-order chi connectivity index (χ1) is 11.2. The topological polar surface area (TPSA) is 32.8 Å². The molecule has 0 saturated carbocycles. The van der Waals surface area contributed by atoms with Crippen LogP contribution >= 0.6 is 0 Å². The third kappa shape index (κ3) is 3.58. The summed E-state index contributed by atoms with van der Waals surface area (Å²) < 4.78 is 5.23. The maximum atomic E-state index is 11.9. The van der Waals surface area contributed by atoms with Crippen molar-refractivity contribution in [1.82, 2.24) is 9.80 Å². The smallest absolute Gasteiger partial charge is 0.409 e. The minimum atomic E-state index is -0.180. The molecule has 0 N–H and O–H groups in total. The first kappa shape index (κ1) is 16.1. The highest BCUT2D eigenvalue weighted by Crippen LogP contribution is 2.33. The van der Waals surface area contributed by atoms with Crippen LogP contribution in [0, 0.1) is 0 Å². The number of benzene rings is 1. The molecule has 2 aliphatic rings. The lowest BCUT2D eigenvalue weighted by Gasteiger charge is -2.37. The van der Waals surface area contributed by atoms with E-state index in [2.05, 4.69) is 35.2 Å². The van der Waals surface area contributed by atoms with Crippen LogP contribution < -0.4 is 0 Å². The molecule has 4 nitrogen and oxygen atoms in total. The van der Waals surface area contributed by atoms with Gasteiger partial charge in [-0.3, -0.25) is 4.90 Å². The van der Waals surface area contributed by atoms with Gasteiger partial charge >= 0.3 is 6.09 Å². The molecule has 1 aliphatic carbocycles. The molecule has 3 rings (SSSR count). The summed E-state index contributed by atoms with van der Waals surface area (Å²) in [6.45, 7) is 5.62. The number of ether oxygens (including phenoxy) is 1. The van der Waals surface area contributed by atoms with Gasteiger partial charge in [0.1, 0.15) is 0 Å². The third-order valence-electron chi connectivity index (χ3n) is 4.85. The van der Waals surface area contributed by atoms with E-state index in [9.17, 15) is 4.79 Å². The first-order valence-electron chi connectivity index (χ1n) is 8.61. The Hall–Kier alpha value is -1.81. The van der Waals surface area contributed by atoms with Crippen molar-refractivity contribution in [3.63, 3.8) is 0 Å². The van der Waals surface area contributed by atoms with Gasteiger partial charge in [0.25, 0.3) is 0 Å². The summed E-state index contributed by atoms with van der Waals surface area (Å²) in [5.74, 6) is 0.